The molecule has 8 heteroatoms. The number of nitro groups is 1. The largest absolute Gasteiger partial charge is 0.339 e. The summed E-state index contributed by atoms with van der Waals surface area (Å²) in [5, 5.41) is 10.8. The number of nitro benzene ring substituents is 1. The summed E-state index contributed by atoms with van der Waals surface area (Å²) >= 11 is 5.99. The van der Waals surface area contributed by atoms with Gasteiger partial charge in [-0.25, -0.2) is 0 Å². The van der Waals surface area contributed by atoms with Crippen LogP contribution in [-0.2, 0) is 0 Å². The molecule has 1 amide bonds. The Morgan fingerprint density at radius 3 is 2.50 bits per heavy atom. The Balaban J connectivity index is 0.00000242. The first-order valence-corrected chi connectivity index (χ1v) is 7.26. The molecule has 6 nitrogen and oxygen atoms in total. The lowest BCUT2D eigenvalue weighted by Gasteiger charge is -2.33. The first-order valence-electron chi connectivity index (χ1n) is 6.89. The highest BCUT2D eigenvalue weighted by Crippen LogP contribution is 2.26. The highest BCUT2D eigenvalue weighted by Gasteiger charge is 2.26. The Morgan fingerprint density at radius 1 is 1.45 bits per heavy atom. The Bertz CT molecular complexity index is 558. The topological polar surface area (TPSA) is 89.5 Å². The molecule has 0 radical (unpaired) electrons. The molecule has 0 aromatic heterocycles. The molecular weight excluding hydrogens is 329 g/mol. The Labute approximate surface area is 140 Å². The number of piperidine rings is 1. The van der Waals surface area contributed by atoms with Gasteiger partial charge < -0.3 is 10.6 Å². The number of amides is 1. The number of carbonyl (C=O) groups is 1. The lowest BCUT2D eigenvalue weighted by atomic mass is 9.90. The van der Waals surface area contributed by atoms with Gasteiger partial charge in [0.2, 0.25) is 0 Å². The standard InChI is InChI=1S/C14H18ClN3O3.ClH/c1-9(16)10-4-6-17(7-5-10)14(19)12-3-2-11(18(20)21)8-13(12)15;/h2-3,8-10H,4-7,16H2,1H3;1H. The summed E-state index contributed by atoms with van der Waals surface area (Å²) in [7, 11) is 0. The van der Waals surface area contributed by atoms with E-state index < -0.39 is 4.92 Å². The van der Waals surface area contributed by atoms with Crippen molar-refractivity contribution in [3.63, 3.8) is 0 Å². The maximum absolute atomic E-state index is 12.4. The fourth-order valence-corrected chi connectivity index (χ4v) is 2.85. The molecule has 0 aliphatic carbocycles. The van der Waals surface area contributed by atoms with Gasteiger partial charge in [0.25, 0.3) is 11.6 Å². The van der Waals surface area contributed by atoms with Crippen molar-refractivity contribution in [3.8, 4) is 0 Å². The molecule has 1 heterocycles. The molecule has 1 aliphatic heterocycles. The zero-order valence-electron chi connectivity index (χ0n) is 12.2. The van der Waals surface area contributed by atoms with Gasteiger partial charge in [0.15, 0.2) is 0 Å². The fourth-order valence-electron chi connectivity index (χ4n) is 2.59. The van der Waals surface area contributed by atoms with Crippen LogP contribution < -0.4 is 5.73 Å². The summed E-state index contributed by atoms with van der Waals surface area (Å²) < 4.78 is 0. The second-order valence-corrected chi connectivity index (χ2v) is 5.82. The fraction of sp³-hybridized carbons (Fsp3) is 0.500. The number of hydrogen-bond donors (Lipinski definition) is 1. The van der Waals surface area contributed by atoms with E-state index in [-0.39, 0.29) is 35.1 Å². The van der Waals surface area contributed by atoms with Crippen molar-refractivity contribution < 1.29 is 9.72 Å². The third-order valence-electron chi connectivity index (χ3n) is 3.96. The van der Waals surface area contributed by atoms with Crippen molar-refractivity contribution in [2.75, 3.05) is 13.1 Å². The number of halogens is 2. The van der Waals surface area contributed by atoms with Crippen LogP contribution in [0.5, 0.6) is 0 Å². The van der Waals surface area contributed by atoms with Crippen LogP contribution in [0, 0.1) is 16.0 Å². The smallest absolute Gasteiger partial charge is 0.270 e. The zero-order chi connectivity index (χ0) is 15.6. The molecule has 1 unspecified atom stereocenters. The Hall–Kier alpha value is -1.37. The van der Waals surface area contributed by atoms with E-state index in [4.69, 9.17) is 17.3 Å². The molecular formula is C14H19Cl2N3O3. The van der Waals surface area contributed by atoms with Crippen LogP contribution in [0.25, 0.3) is 0 Å². The minimum atomic E-state index is -0.533. The van der Waals surface area contributed by atoms with E-state index in [1.807, 2.05) is 6.92 Å². The molecule has 0 spiro atoms. The van der Waals surface area contributed by atoms with Crippen LogP contribution in [0.3, 0.4) is 0 Å². The molecule has 1 aromatic rings. The zero-order valence-corrected chi connectivity index (χ0v) is 13.8. The first kappa shape index (κ1) is 18.7. The van der Waals surface area contributed by atoms with E-state index in [1.165, 1.54) is 18.2 Å². The molecule has 0 bridgehead atoms. The molecule has 22 heavy (non-hydrogen) atoms. The van der Waals surface area contributed by atoms with Crippen LogP contribution in [0.1, 0.15) is 30.1 Å². The van der Waals surface area contributed by atoms with Crippen molar-refractivity contribution in [1.82, 2.24) is 4.90 Å². The van der Waals surface area contributed by atoms with Gasteiger partial charge in [-0.15, -0.1) is 12.4 Å². The average molecular weight is 348 g/mol. The van der Waals surface area contributed by atoms with Gasteiger partial charge in [0.05, 0.1) is 15.5 Å². The van der Waals surface area contributed by atoms with Crippen LogP contribution in [0.15, 0.2) is 18.2 Å². The summed E-state index contributed by atoms with van der Waals surface area (Å²) in [6, 6.07) is 4.06. The van der Waals surface area contributed by atoms with Gasteiger partial charge in [-0.2, -0.15) is 0 Å². The Morgan fingerprint density at radius 2 is 2.05 bits per heavy atom. The monoisotopic (exact) mass is 347 g/mol. The van der Waals surface area contributed by atoms with Crippen LogP contribution >= 0.6 is 24.0 Å². The summed E-state index contributed by atoms with van der Waals surface area (Å²) in [6.45, 7) is 3.26. The van der Waals surface area contributed by atoms with Crippen molar-refractivity contribution in [2.24, 2.45) is 11.7 Å². The molecule has 2 rings (SSSR count). The molecule has 1 fully saturated rings. The molecule has 0 saturated carbocycles. The molecule has 1 aromatic carbocycles. The Kier molecular flexibility index (Phi) is 6.59. The van der Waals surface area contributed by atoms with E-state index in [9.17, 15) is 14.9 Å². The van der Waals surface area contributed by atoms with Crippen LogP contribution in [0.2, 0.25) is 5.02 Å². The average Bonchev–Trinajstić information content (AvgIpc) is 2.46. The van der Waals surface area contributed by atoms with E-state index in [1.54, 1.807) is 4.90 Å². The predicted octanol–water partition coefficient (Wildman–Crippen LogP) is 2.87. The first-order chi connectivity index (χ1) is 9.90. The SMILES string of the molecule is CC(N)C1CCN(C(=O)c2ccc([N+](=O)[O-])cc2Cl)CC1.Cl. The quantitative estimate of drug-likeness (QED) is 0.672. The number of benzene rings is 1. The van der Waals surface area contributed by atoms with Gasteiger partial charge in [-0.05, 0) is 31.7 Å². The van der Waals surface area contributed by atoms with E-state index in [0.717, 1.165) is 12.8 Å². The molecule has 122 valence electrons. The lowest BCUT2D eigenvalue weighted by Crippen LogP contribution is -2.42. The third kappa shape index (κ3) is 4.09. The third-order valence-corrected chi connectivity index (χ3v) is 4.28. The van der Waals surface area contributed by atoms with Crippen LogP contribution in [-0.4, -0.2) is 34.9 Å². The maximum atomic E-state index is 12.4. The summed E-state index contributed by atoms with van der Waals surface area (Å²) in [5.74, 6) is 0.249. The van der Waals surface area contributed by atoms with E-state index in [0.29, 0.717) is 24.6 Å². The predicted molar refractivity (Wildman–Crippen MR) is 87.6 cm³/mol. The van der Waals surface area contributed by atoms with Crippen molar-refractivity contribution in [1.29, 1.82) is 0 Å². The summed E-state index contributed by atoms with van der Waals surface area (Å²) in [4.78, 5) is 24.3. The number of nitrogens with two attached hydrogens (primary N) is 1. The molecule has 1 atom stereocenters. The van der Waals surface area contributed by atoms with Crippen molar-refractivity contribution in [3.05, 3.63) is 38.9 Å². The number of hydrogen-bond acceptors (Lipinski definition) is 4. The number of rotatable bonds is 3. The highest BCUT2D eigenvalue weighted by molar-refractivity contribution is 6.34. The summed E-state index contributed by atoms with van der Waals surface area (Å²) in [6.07, 6.45) is 1.74. The van der Waals surface area contributed by atoms with Gasteiger partial charge in [-0.1, -0.05) is 11.6 Å². The molecule has 1 saturated heterocycles. The van der Waals surface area contributed by atoms with Gasteiger partial charge in [0, 0.05) is 31.3 Å². The molecule has 1 aliphatic rings. The normalized spacial score (nSPS) is 16.8. The highest BCUT2D eigenvalue weighted by atomic mass is 35.5. The summed E-state index contributed by atoms with van der Waals surface area (Å²) in [5.41, 5.74) is 6.07. The van der Waals surface area contributed by atoms with Gasteiger partial charge in [0.1, 0.15) is 0 Å². The van der Waals surface area contributed by atoms with E-state index in [2.05, 4.69) is 0 Å². The molecule has 2 N–H and O–H groups in total. The number of non-ortho nitro benzene ring substituents is 1. The minimum Gasteiger partial charge on any atom is -0.339 e. The van der Waals surface area contributed by atoms with Crippen molar-refractivity contribution in [2.45, 2.75) is 25.8 Å². The maximum Gasteiger partial charge on any atom is 0.270 e. The van der Waals surface area contributed by atoms with Crippen LogP contribution in [0.4, 0.5) is 5.69 Å². The minimum absolute atomic E-state index is 0. The van der Waals surface area contributed by atoms with E-state index >= 15 is 0 Å². The van der Waals surface area contributed by atoms with Gasteiger partial charge >= 0.3 is 0 Å². The number of nitrogens with zero attached hydrogens (tertiary/aromatic N) is 2. The lowest BCUT2D eigenvalue weighted by molar-refractivity contribution is -0.384. The number of carbonyl (C=O) groups excluding carboxylic acids is 1. The van der Waals surface area contributed by atoms with Gasteiger partial charge in [-0.3, -0.25) is 14.9 Å². The second-order valence-electron chi connectivity index (χ2n) is 5.41. The second kappa shape index (κ2) is 7.76. The van der Waals surface area contributed by atoms with Crippen molar-refractivity contribution >= 4 is 35.6 Å². The number of likely N-dealkylation sites (tertiary alicyclic amines) is 1.